The highest BCUT2D eigenvalue weighted by Crippen LogP contribution is 1.92. The zero-order chi connectivity index (χ0) is 12.9. The Balaban J connectivity index is -0.000000318. The van der Waals surface area contributed by atoms with Gasteiger partial charge in [0.1, 0.15) is 6.04 Å². The maximum Gasteiger partial charge on any atom is 0.328 e. The van der Waals surface area contributed by atoms with Crippen LogP contribution in [0.1, 0.15) is 48.0 Å². The summed E-state index contributed by atoms with van der Waals surface area (Å²) in [5.74, 6) is -0.620. The molecule has 0 saturated heterocycles. The third-order valence-electron chi connectivity index (χ3n) is 1.27. The van der Waals surface area contributed by atoms with Gasteiger partial charge in [0.15, 0.2) is 0 Å². The number of rotatable bonds is 3. The topological polar surface area (TPSA) is 55.4 Å². The second-order valence-corrected chi connectivity index (χ2v) is 2.18. The van der Waals surface area contributed by atoms with Gasteiger partial charge in [-0.05, 0) is 6.42 Å². The lowest BCUT2D eigenvalue weighted by Gasteiger charge is -2.12. The van der Waals surface area contributed by atoms with Crippen LogP contribution in [-0.4, -0.2) is 25.0 Å². The number of carbonyl (C=O) groups excluding carboxylic acids is 2. The van der Waals surface area contributed by atoms with Gasteiger partial charge >= 0.3 is 5.97 Å². The fraction of sp³-hybridized carbons (Fsp3) is 0.818. The SMILES string of the molecule is CC.CC.CCC(NC(C)=O)C(=O)OC. The normalized spacial score (nSPS) is 9.53. The van der Waals surface area contributed by atoms with Gasteiger partial charge in [0.2, 0.25) is 5.91 Å². The number of methoxy groups -OCH3 is 1. The van der Waals surface area contributed by atoms with E-state index >= 15 is 0 Å². The van der Waals surface area contributed by atoms with Gasteiger partial charge in [-0.1, -0.05) is 34.6 Å². The Kier molecular flexibility index (Phi) is 20.0. The molecular weight excluding hydrogens is 194 g/mol. The fourth-order valence-electron chi connectivity index (χ4n) is 0.715. The quantitative estimate of drug-likeness (QED) is 0.740. The van der Waals surface area contributed by atoms with E-state index in [2.05, 4.69) is 10.1 Å². The van der Waals surface area contributed by atoms with Crippen molar-refractivity contribution in [3.63, 3.8) is 0 Å². The Morgan fingerprint density at radius 2 is 1.60 bits per heavy atom. The van der Waals surface area contributed by atoms with Crippen molar-refractivity contribution in [2.45, 2.75) is 54.0 Å². The van der Waals surface area contributed by atoms with E-state index in [4.69, 9.17) is 0 Å². The summed E-state index contributed by atoms with van der Waals surface area (Å²) < 4.78 is 4.45. The second kappa shape index (κ2) is 15.4. The molecule has 1 N–H and O–H groups in total. The van der Waals surface area contributed by atoms with Crippen LogP contribution in [0, 0.1) is 0 Å². The number of amides is 1. The van der Waals surface area contributed by atoms with Gasteiger partial charge in [0.25, 0.3) is 0 Å². The summed E-state index contributed by atoms with van der Waals surface area (Å²) in [4.78, 5) is 21.4. The van der Waals surface area contributed by atoms with Crippen LogP contribution in [-0.2, 0) is 14.3 Å². The molecule has 0 aromatic rings. The molecule has 0 aliphatic rings. The summed E-state index contributed by atoms with van der Waals surface area (Å²) in [6.45, 7) is 11.2. The van der Waals surface area contributed by atoms with Crippen LogP contribution < -0.4 is 5.32 Å². The van der Waals surface area contributed by atoms with Gasteiger partial charge in [-0.15, -0.1) is 0 Å². The highest BCUT2D eigenvalue weighted by Gasteiger charge is 2.16. The van der Waals surface area contributed by atoms with E-state index in [1.54, 1.807) is 6.92 Å². The van der Waals surface area contributed by atoms with E-state index in [9.17, 15) is 9.59 Å². The average molecular weight is 219 g/mol. The summed E-state index contributed by atoms with van der Waals surface area (Å²) in [6.07, 6.45) is 0.548. The molecule has 0 aliphatic carbocycles. The number of esters is 1. The first-order valence-electron chi connectivity index (χ1n) is 5.46. The second-order valence-electron chi connectivity index (χ2n) is 2.18. The molecule has 4 nitrogen and oxygen atoms in total. The zero-order valence-corrected chi connectivity index (χ0v) is 11.0. The largest absolute Gasteiger partial charge is 0.467 e. The maximum atomic E-state index is 10.8. The molecule has 0 saturated carbocycles. The molecule has 92 valence electrons. The smallest absolute Gasteiger partial charge is 0.328 e. The molecule has 4 heteroatoms. The molecule has 1 unspecified atom stereocenters. The van der Waals surface area contributed by atoms with Gasteiger partial charge in [-0.2, -0.15) is 0 Å². The molecule has 0 aromatic carbocycles. The van der Waals surface area contributed by atoms with E-state index in [1.807, 2.05) is 27.7 Å². The fourth-order valence-corrected chi connectivity index (χ4v) is 0.715. The third kappa shape index (κ3) is 12.9. The standard InChI is InChI=1S/C7H13NO3.2C2H6/c1-4-6(7(10)11-3)8-5(2)9;2*1-2/h6H,4H2,1-3H3,(H,8,9);2*1-2H3. The molecule has 15 heavy (non-hydrogen) atoms. The summed E-state index contributed by atoms with van der Waals surface area (Å²) >= 11 is 0. The number of hydrogen-bond donors (Lipinski definition) is 1. The van der Waals surface area contributed by atoms with Crippen molar-refractivity contribution >= 4 is 11.9 Å². The number of ether oxygens (including phenoxy) is 1. The maximum absolute atomic E-state index is 10.8. The molecule has 0 radical (unpaired) electrons. The molecule has 0 spiro atoms. The van der Waals surface area contributed by atoms with Gasteiger partial charge in [0, 0.05) is 6.92 Å². The minimum atomic E-state index is -0.502. The Hall–Kier alpha value is -1.06. The molecule has 0 aromatic heterocycles. The average Bonchev–Trinajstić information content (AvgIpc) is 2.30. The molecule has 0 heterocycles. The number of nitrogens with one attached hydrogen (secondary N) is 1. The van der Waals surface area contributed by atoms with Crippen molar-refractivity contribution in [2.75, 3.05) is 7.11 Å². The summed E-state index contributed by atoms with van der Waals surface area (Å²) in [5.41, 5.74) is 0. The number of hydrogen-bond acceptors (Lipinski definition) is 3. The van der Waals surface area contributed by atoms with E-state index < -0.39 is 12.0 Å². The summed E-state index contributed by atoms with van der Waals surface area (Å²) in [6, 6.07) is -0.502. The lowest BCUT2D eigenvalue weighted by atomic mass is 10.2. The molecular formula is C11H25NO3. The Morgan fingerprint density at radius 1 is 1.20 bits per heavy atom. The predicted octanol–water partition coefficient (Wildman–Crippen LogP) is 2.13. The highest BCUT2D eigenvalue weighted by molar-refractivity contribution is 5.82. The van der Waals surface area contributed by atoms with Crippen LogP contribution in [0.4, 0.5) is 0 Å². The van der Waals surface area contributed by atoms with Crippen LogP contribution in [0.5, 0.6) is 0 Å². The predicted molar refractivity (Wildman–Crippen MR) is 62.6 cm³/mol. The molecule has 0 fully saturated rings. The molecule has 0 aliphatic heterocycles. The molecule has 1 atom stereocenters. The monoisotopic (exact) mass is 219 g/mol. The van der Waals surface area contributed by atoms with Crippen LogP contribution in [0.3, 0.4) is 0 Å². The van der Waals surface area contributed by atoms with E-state index in [0.29, 0.717) is 6.42 Å². The van der Waals surface area contributed by atoms with Gasteiger partial charge in [0.05, 0.1) is 7.11 Å². The van der Waals surface area contributed by atoms with Crippen LogP contribution >= 0.6 is 0 Å². The minimum absolute atomic E-state index is 0.220. The molecule has 0 bridgehead atoms. The minimum Gasteiger partial charge on any atom is -0.467 e. The van der Waals surface area contributed by atoms with Crippen molar-refractivity contribution in [1.29, 1.82) is 0 Å². The Bertz CT molecular complexity index is 158. The van der Waals surface area contributed by atoms with Crippen molar-refractivity contribution in [3.8, 4) is 0 Å². The van der Waals surface area contributed by atoms with Gasteiger partial charge in [-0.3, -0.25) is 4.79 Å². The van der Waals surface area contributed by atoms with Crippen LogP contribution in [0.2, 0.25) is 0 Å². The van der Waals surface area contributed by atoms with E-state index in [-0.39, 0.29) is 5.91 Å². The lowest BCUT2D eigenvalue weighted by Crippen LogP contribution is -2.39. The Morgan fingerprint density at radius 3 is 1.80 bits per heavy atom. The number of carbonyl (C=O) groups is 2. The first kappa shape index (κ1) is 19.5. The first-order valence-corrected chi connectivity index (χ1v) is 5.46. The van der Waals surface area contributed by atoms with Crippen LogP contribution in [0.15, 0.2) is 0 Å². The third-order valence-corrected chi connectivity index (χ3v) is 1.27. The van der Waals surface area contributed by atoms with E-state index in [1.165, 1.54) is 14.0 Å². The van der Waals surface area contributed by atoms with Crippen LogP contribution in [0.25, 0.3) is 0 Å². The van der Waals surface area contributed by atoms with Crippen molar-refractivity contribution in [2.24, 2.45) is 0 Å². The van der Waals surface area contributed by atoms with Gasteiger partial charge < -0.3 is 10.1 Å². The van der Waals surface area contributed by atoms with Crippen molar-refractivity contribution in [1.82, 2.24) is 5.32 Å². The molecule has 1 amide bonds. The van der Waals surface area contributed by atoms with E-state index in [0.717, 1.165) is 0 Å². The zero-order valence-electron chi connectivity index (χ0n) is 11.0. The summed E-state index contributed by atoms with van der Waals surface area (Å²) in [7, 11) is 1.30. The first-order chi connectivity index (χ1) is 7.11. The summed E-state index contributed by atoms with van der Waals surface area (Å²) in [5, 5.41) is 2.47. The molecule has 0 rings (SSSR count). The van der Waals surface area contributed by atoms with Gasteiger partial charge in [-0.25, -0.2) is 4.79 Å². The van der Waals surface area contributed by atoms with Crippen molar-refractivity contribution in [3.05, 3.63) is 0 Å². The lowest BCUT2D eigenvalue weighted by molar-refractivity contribution is -0.144. The van der Waals surface area contributed by atoms with Crippen molar-refractivity contribution < 1.29 is 14.3 Å². The highest BCUT2D eigenvalue weighted by atomic mass is 16.5. The Labute approximate surface area is 93.4 Å².